The molecule has 0 unspecified atom stereocenters. The Kier molecular flexibility index (Phi) is 5.25. The van der Waals surface area contributed by atoms with E-state index in [0.29, 0.717) is 11.4 Å². The summed E-state index contributed by atoms with van der Waals surface area (Å²) < 4.78 is 10.3. The van der Waals surface area contributed by atoms with Crippen molar-refractivity contribution in [3.8, 4) is 16.9 Å². The molecule has 2 aromatic rings. The van der Waals surface area contributed by atoms with E-state index in [9.17, 15) is 4.79 Å². The first-order valence-electron chi connectivity index (χ1n) is 7.14. The molecule has 0 saturated carbocycles. The fraction of sp³-hybridized carbons (Fsp3) is 0.167. The second kappa shape index (κ2) is 7.35. The quantitative estimate of drug-likeness (QED) is 0.647. The highest BCUT2D eigenvalue weighted by atomic mass is 16.5. The number of carbonyl (C=O) groups is 1. The van der Waals surface area contributed by atoms with E-state index in [4.69, 9.17) is 15.2 Å². The van der Waals surface area contributed by atoms with Crippen molar-refractivity contribution in [2.24, 2.45) is 0 Å². The van der Waals surface area contributed by atoms with Crippen LogP contribution in [-0.4, -0.2) is 19.8 Å². The third-order valence-corrected chi connectivity index (χ3v) is 3.37. The molecule has 5 heteroatoms. The Balaban J connectivity index is 2.26. The van der Waals surface area contributed by atoms with Crippen LogP contribution in [0.25, 0.3) is 11.1 Å². The molecule has 0 bridgehead atoms. The monoisotopic (exact) mass is 312 g/mol. The summed E-state index contributed by atoms with van der Waals surface area (Å²) in [5, 5.41) is 2.64. The molecule has 3 N–H and O–H groups in total. The highest BCUT2D eigenvalue weighted by molar-refractivity contribution is 5.88. The van der Waals surface area contributed by atoms with Crippen LogP contribution >= 0.6 is 0 Å². The molecule has 0 spiro atoms. The zero-order chi connectivity index (χ0) is 16.8. The highest BCUT2D eigenvalue weighted by Gasteiger charge is 2.10. The smallest absolute Gasteiger partial charge is 0.412 e. The Hall–Kier alpha value is -2.95. The van der Waals surface area contributed by atoms with Gasteiger partial charge in [-0.15, -0.1) is 0 Å². The van der Waals surface area contributed by atoms with Crippen molar-refractivity contribution < 1.29 is 14.3 Å². The Bertz CT molecular complexity index is 726. The molecule has 0 radical (unpaired) electrons. The number of ether oxygens (including phenoxy) is 2. The summed E-state index contributed by atoms with van der Waals surface area (Å²) in [5.74, 6) is 0.549. The Morgan fingerprint density at radius 1 is 1.26 bits per heavy atom. The first-order valence-corrected chi connectivity index (χ1v) is 7.14. The van der Waals surface area contributed by atoms with Crippen molar-refractivity contribution in [1.82, 2.24) is 0 Å². The molecule has 5 nitrogen and oxygen atoms in total. The zero-order valence-corrected chi connectivity index (χ0v) is 13.3. The van der Waals surface area contributed by atoms with Crippen molar-refractivity contribution in [3.63, 3.8) is 0 Å². The number of nitrogens with one attached hydrogen (secondary N) is 1. The van der Waals surface area contributed by atoms with Gasteiger partial charge in [-0.2, -0.15) is 0 Å². The molecule has 120 valence electrons. The van der Waals surface area contributed by atoms with E-state index in [0.717, 1.165) is 22.4 Å². The molecule has 0 atom stereocenters. The lowest BCUT2D eigenvalue weighted by atomic mass is 10.0. The minimum atomic E-state index is -0.556. The number of hydrogen-bond acceptors (Lipinski definition) is 4. The van der Waals surface area contributed by atoms with Gasteiger partial charge in [0.05, 0.1) is 12.8 Å². The van der Waals surface area contributed by atoms with Crippen LogP contribution in [-0.2, 0) is 4.74 Å². The summed E-state index contributed by atoms with van der Waals surface area (Å²) in [6.45, 7) is 5.60. The minimum absolute atomic E-state index is 0.150. The number of nitrogen functional groups attached to an aromatic ring is 1. The fourth-order valence-electron chi connectivity index (χ4n) is 2.11. The number of amides is 1. The number of hydrogen-bond donors (Lipinski definition) is 2. The van der Waals surface area contributed by atoms with Crippen molar-refractivity contribution in [3.05, 3.63) is 54.6 Å². The van der Waals surface area contributed by atoms with Crippen LogP contribution in [0.2, 0.25) is 0 Å². The number of methoxy groups -OCH3 is 1. The molecule has 0 saturated heterocycles. The maximum absolute atomic E-state index is 11.6. The molecule has 1 amide bonds. The predicted octanol–water partition coefficient (Wildman–Crippen LogP) is 3.99. The lowest BCUT2D eigenvalue weighted by Gasteiger charge is -2.12. The Labute approximate surface area is 135 Å². The van der Waals surface area contributed by atoms with E-state index >= 15 is 0 Å². The summed E-state index contributed by atoms with van der Waals surface area (Å²) in [6, 6.07) is 11.4. The lowest BCUT2D eigenvalue weighted by Crippen LogP contribution is -2.14. The molecule has 0 heterocycles. The molecule has 2 rings (SSSR count). The van der Waals surface area contributed by atoms with Gasteiger partial charge < -0.3 is 15.2 Å². The van der Waals surface area contributed by atoms with Gasteiger partial charge in [-0.05, 0) is 47.9 Å². The van der Waals surface area contributed by atoms with Gasteiger partial charge in [-0.25, -0.2) is 4.79 Å². The number of anilines is 2. The molecule has 0 aromatic heterocycles. The van der Waals surface area contributed by atoms with Gasteiger partial charge in [0, 0.05) is 5.69 Å². The van der Waals surface area contributed by atoms with E-state index in [1.165, 1.54) is 6.08 Å². The minimum Gasteiger partial charge on any atom is -0.495 e. The summed E-state index contributed by atoms with van der Waals surface area (Å²) in [4.78, 5) is 11.6. The van der Waals surface area contributed by atoms with Gasteiger partial charge in [0.2, 0.25) is 0 Å². The maximum atomic E-state index is 11.6. The van der Waals surface area contributed by atoms with Gasteiger partial charge in [-0.1, -0.05) is 24.8 Å². The summed E-state index contributed by atoms with van der Waals surface area (Å²) >= 11 is 0. The van der Waals surface area contributed by atoms with E-state index in [-0.39, 0.29) is 6.61 Å². The average Bonchev–Trinajstić information content (AvgIpc) is 2.56. The first-order chi connectivity index (χ1) is 11.0. The van der Waals surface area contributed by atoms with Gasteiger partial charge in [-0.3, -0.25) is 5.32 Å². The van der Waals surface area contributed by atoms with Gasteiger partial charge in [0.15, 0.2) is 0 Å². The average molecular weight is 312 g/mol. The number of aryl methyl sites for hydroxylation is 1. The molecule has 0 aliphatic carbocycles. The van der Waals surface area contributed by atoms with E-state index in [1.54, 1.807) is 13.2 Å². The van der Waals surface area contributed by atoms with Crippen molar-refractivity contribution in [2.75, 3.05) is 24.8 Å². The lowest BCUT2D eigenvalue weighted by molar-refractivity contribution is 0.174. The van der Waals surface area contributed by atoms with Crippen LogP contribution in [0.3, 0.4) is 0 Å². The molecule has 23 heavy (non-hydrogen) atoms. The van der Waals surface area contributed by atoms with Crippen molar-refractivity contribution in [2.45, 2.75) is 6.92 Å². The van der Waals surface area contributed by atoms with Crippen LogP contribution in [0, 0.1) is 6.92 Å². The van der Waals surface area contributed by atoms with Gasteiger partial charge in [0.25, 0.3) is 0 Å². The standard InChI is InChI=1S/C18H20N2O3/c1-4-9-23-18(21)20-16-8-6-14(11-17(16)22-3)13-5-7-15(19)12(2)10-13/h4-8,10-11H,1,9,19H2,2-3H3,(H,20,21). The van der Waals surface area contributed by atoms with Crippen LogP contribution in [0.1, 0.15) is 5.56 Å². The van der Waals surface area contributed by atoms with E-state index in [1.807, 2.05) is 37.3 Å². The van der Waals surface area contributed by atoms with Crippen molar-refractivity contribution in [1.29, 1.82) is 0 Å². The first kappa shape index (κ1) is 16.4. The Morgan fingerprint density at radius 2 is 1.96 bits per heavy atom. The Morgan fingerprint density at radius 3 is 2.61 bits per heavy atom. The van der Waals surface area contributed by atoms with E-state index in [2.05, 4.69) is 11.9 Å². The highest BCUT2D eigenvalue weighted by Crippen LogP contribution is 2.32. The maximum Gasteiger partial charge on any atom is 0.412 e. The molecule has 0 aliphatic heterocycles. The third-order valence-electron chi connectivity index (χ3n) is 3.37. The van der Waals surface area contributed by atoms with Gasteiger partial charge in [0.1, 0.15) is 12.4 Å². The second-order valence-electron chi connectivity index (χ2n) is 5.00. The normalized spacial score (nSPS) is 10.0. The summed E-state index contributed by atoms with van der Waals surface area (Å²) in [7, 11) is 1.55. The predicted molar refractivity (Wildman–Crippen MR) is 92.7 cm³/mol. The SMILES string of the molecule is C=CCOC(=O)Nc1ccc(-c2ccc(N)c(C)c2)cc1OC. The molecular weight excluding hydrogens is 292 g/mol. The zero-order valence-electron chi connectivity index (χ0n) is 13.3. The van der Waals surface area contributed by atoms with Crippen LogP contribution in [0.5, 0.6) is 5.75 Å². The summed E-state index contributed by atoms with van der Waals surface area (Å²) in [5.41, 5.74) is 10.1. The van der Waals surface area contributed by atoms with Crippen molar-refractivity contribution >= 4 is 17.5 Å². The van der Waals surface area contributed by atoms with Crippen LogP contribution in [0.4, 0.5) is 16.2 Å². The number of benzene rings is 2. The molecule has 0 aliphatic rings. The second-order valence-corrected chi connectivity index (χ2v) is 5.00. The molecule has 2 aromatic carbocycles. The van der Waals surface area contributed by atoms with Crippen LogP contribution in [0.15, 0.2) is 49.1 Å². The fourth-order valence-corrected chi connectivity index (χ4v) is 2.11. The molecular formula is C18H20N2O3. The van der Waals surface area contributed by atoms with E-state index < -0.39 is 6.09 Å². The molecule has 0 fully saturated rings. The summed E-state index contributed by atoms with van der Waals surface area (Å²) in [6.07, 6.45) is 0.947. The number of nitrogens with two attached hydrogens (primary N) is 1. The van der Waals surface area contributed by atoms with Gasteiger partial charge >= 0.3 is 6.09 Å². The third kappa shape index (κ3) is 4.03. The largest absolute Gasteiger partial charge is 0.495 e. The topological polar surface area (TPSA) is 73.6 Å². The number of rotatable bonds is 5. The van der Waals surface area contributed by atoms with Crippen LogP contribution < -0.4 is 15.8 Å². The number of carbonyl (C=O) groups excluding carboxylic acids is 1.